The number of nitrogens with zero attached hydrogens (tertiary/aromatic N) is 2. The quantitative estimate of drug-likeness (QED) is 0.240. The molecule has 14 nitrogen and oxygen atoms in total. The summed E-state index contributed by atoms with van der Waals surface area (Å²) in [5, 5.41) is 50.5. The summed E-state index contributed by atoms with van der Waals surface area (Å²) in [6.07, 6.45) is 6.41. The zero-order valence-corrected chi connectivity index (χ0v) is 22.7. The van der Waals surface area contributed by atoms with Gasteiger partial charge in [-0.3, -0.25) is 9.88 Å². The van der Waals surface area contributed by atoms with Gasteiger partial charge in [-0.25, -0.2) is 9.59 Å². The Morgan fingerprint density at radius 2 is 1.31 bits per heavy atom. The van der Waals surface area contributed by atoms with E-state index in [0.717, 1.165) is 0 Å². The molecule has 0 spiro atoms. The van der Waals surface area contributed by atoms with Gasteiger partial charge in [0, 0.05) is 18.4 Å². The van der Waals surface area contributed by atoms with Crippen LogP contribution in [0.2, 0.25) is 0 Å². The average Bonchev–Trinajstić information content (AvgIpc) is 3.09. The molecule has 166 valence electrons. The fourth-order valence-electron chi connectivity index (χ4n) is 1.90. The van der Waals surface area contributed by atoms with Crippen LogP contribution >= 0.6 is 0 Å². The Balaban J connectivity index is -0.000000172. The normalized spacial score (nSPS) is 13.3. The molecule has 1 aromatic heterocycles. The van der Waals surface area contributed by atoms with E-state index in [1.54, 1.807) is 0 Å². The van der Waals surface area contributed by atoms with Gasteiger partial charge in [-0.05, 0) is 38.1 Å². The third-order valence-corrected chi connectivity index (χ3v) is 3.11. The Hall–Kier alpha value is -2.82. The van der Waals surface area contributed by atoms with Crippen molar-refractivity contribution >= 4 is 35.8 Å². The number of carboxylic acid groups (broad SMARTS) is 6. The van der Waals surface area contributed by atoms with Crippen LogP contribution in [-0.2, 0) is 67.7 Å². The molecular formula is C16H16N2O12Zn2. The molecule has 0 amide bonds. The van der Waals surface area contributed by atoms with Crippen LogP contribution in [0.25, 0.3) is 0 Å². The monoisotopic (exact) mass is 556 g/mol. The molecule has 0 aromatic carbocycles. The van der Waals surface area contributed by atoms with Gasteiger partial charge in [0.25, 0.3) is 0 Å². The van der Waals surface area contributed by atoms with Gasteiger partial charge in [-0.2, -0.15) is 0 Å². The third-order valence-electron chi connectivity index (χ3n) is 3.11. The van der Waals surface area contributed by atoms with E-state index in [1.165, 1.54) is 24.9 Å². The molecule has 0 radical (unpaired) electrons. The van der Waals surface area contributed by atoms with E-state index in [4.69, 9.17) is 59.4 Å². The minimum absolute atomic E-state index is 0. The predicted octanol–water partition coefficient (Wildman–Crippen LogP) is -6.03. The Morgan fingerprint density at radius 1 is 0.906 bits per heavy atom. The summed E-state index contributed by atoms with van der Waals surface area (Å²) < 4.78 is 0. The van der Waals surface area contributed by atoms with E-state index < -0.39 is 35.8 Å². The molecule has 1 atom stereocenters. The van der Waals surface area contributed by atoms with Gasteiger partial charge < -0.3 is 49.8 Å². The minimum atomic E-state index is -2.19. The van der Waals surface area contributed by atoms with E-state index in [0.29, 0.717) is 6.04 Å². The number of likely N-dealkylation sites (tertiary alicyclic amines) is 1. The molecule has 2 N–H and O–H groups in total. The number of carboxylic acids is 6. The second-order valence-electron chi connectivity index (χ2n) is 5.19. The van der Waals surface area contributed by atoms with Crippen LogP contribution in [0.5, 0.6) is 0 Å². The molecule has 0 bridgehead atoms. The number of aliphatic carboxylic acids is 6. The molecule has 0 aliphatic carbocycles. The van der Waals surface area contributed by atoms with Gasteiger partial charge in [0.1, 0.15) is 0 Å². The summed E-state index contributed by atoms with van der Waals surface area (Å²) in [7, 11) is 2.19. The first-order valence-corrected chi connectivity index (χ1v) is 7.72. The van der Waals surface area contributed by atoms with Crippen LogP contribution in [0.1, 0.15) is 24.4 Å². The summed E-state index contributed by atoms with van der Waals surface area (Å²) in [4.78, 5) is 60.4. The first kappa shape index (κ1) is 36.5. The third kappa shape index (κ3) is 19.2. The summed E-state index contributed by atoms with van der Waals surface area (Å²) in [6, 6.07) is 4.79. The summed E-state index contributed by atoms with van der Waals surface area (Å²) >= 11 is 0. The maximum Gasteiger partial charge on any atom is 2.00 e. The maximum atomic E-state index is 9.10. The van der Waals surface area contributed by atoms with Crippen LogP contribution in [0.4, 0.5) is 0 Å². The fraction of sp³-hybridized carbons (Fsp3) is 0.312. The number of aromatic nitrogens is 1. The van der Waals surface area contributed by atoms with Gasteiger partial charge >= 0.3 is 50.9 Å². The number of carbonyl (C=O) groups is 6. The summed E-state index contributed by atoms with van der Waals surface area (Å²) in [5.74, 6) is -12.4. The number of rotatable bonds is 1. The van der Waals surface area contributed by atoms with E-state index in [9.17, 15) is 0 Å². The minimum Gasteiger partial charge on any atom is -0.543 e. The second kappa shape index (κ2) is 20.1. The Labute approximate surface area is 206 Å². The molecule has 0 saturated carbocycles. The maximum absolute atomic E-state index is 9.10. The summed E-state index contributed by atoms with van der Waals surface area (Å²) in [5.41, 5.74) is 1.36. The molecule has 1 fully saturated rings. The van der Waals surface area contributed by atoms with Crippen LogP contribution in [0.3, 0.4) is 0 Å². The molecule has 16 heteroatoms. The van der Waals surface area contributed by atoms with Crippen molar-refractivity contribution in [3.05, 3.63) is 30.1 Å². The zero-order chi connectivity index (χ0) is 23.9. The number of hydrogen-bond acceptors (Lipinski definition) is 12. The molecule has 2 heterocycles. The first-order valence-electron chi connectivity index (χ1n) is 7.72. The van der Waals surface area contributed by atoms with Crippen LogP contribution in [0.15, 0.2) is 24.5 Å². The van der Waals surface area contributed by atoms with Crippen LogP contribution in [0, 0.1) is 0 Å². The molecule has 1 aromatic rings. The Morgan fingerprint density at radius 3 is 1.53 bits per heavy atom. The van der Waals surface area contributed by atoms with Crippen molar-refractivity contribution in [2.24, 2.45) is 0 Å². The first-order chi connectivity index (χ1) is 13.8. The van der Waals surface area contributed by atoms with E-state index in [-0.39, 0.29) is 39.0 Å². The molecule has 1 unspecified atom stereocenters. The predicted molar refractivity (Wildman–Crippen MR) is 84.1 cm³/mol. The summed E-state index contributed by atoms with van der Waals surface area (Å²) in [6.45, 7) is 1.22. The van der Waals surface area contributed by atoms with Crippen molar-refractivity contribution in [1.29, 1.82) is 0 Å². The van der Waals surface area contributed by atoms with Gasteiger partial charge in [0.15, 0.2) is 0 Å². The Kier molecular flexibility index (Phi) is 23.0. The smallest absolute Gasteiger partial charge is 0.543 e. The van der Waals surface area contributed by atoms with Crippen molar-refractivity contribution in [1.82, 2.24) is 9.88 Å². The van der Waals surface area contributed by atoms with Crippen molar-refractivity contribution < 1.29 is 98.4 Å². The van der Waals surface area contributed by atoms with Crippen molar-refractivity contribution in [2.75, 3.05) is 13.6 Å². The van der Waals surface area contributed by atoms with E-state index in [1.807, 2.05) is 18.5 Å². The topological polar surface area (TPSA) is 251 Å². The second-order valence-corrected chi connectivity index (χ2v) is 5.19. The largest absolute Gasteiger partial charge is 2.00 e. The molecule has 1 saturated heterocycles. The zero-order valence-electron chi connectivity index (χ0n) is 16.8. The molecule has 2 rings (SSSR count). The molecule has 1 aliphatic rings. The van der Waals surface area contributed by atoms with Crippen LogP contribution in [-0.4, -0.2) is 69.5 Å². The number of carbonyl (C=O) groups excluding carboxylic acids is 4. The van der Waals surface area contributed by atoms with Gasteiger partial charge in [0.2, 0.25) is 0 Å². The Bertz CT molecular complexity index is 668. The average molecular weight is 559 g/mol. The molecular weight excluding hydrogens is 543 g/mol. The number of pyridine rings is 1. The molecule has 1 aliphatic heterocycles. The molecule has 32 heavy (non-hydrogen) atoms. The number of hydrogen-bond donors (Lipinski definition) is 2. The van der Waals surface area contributed by atoms with Crippen molar-refractivity contribution in [2.45, 2.75) is 18.9 Å². The standard InChI is InChI=1S/C10H14N2.3C2H2O4.2Zn/c1-12-7-3-5-10(12)9-4-2-6-11-8-9;3*3-1(4)2(5)6;;/h2,4,6,8,10H,3,5,7H2,1H3;3*(H,3,4)(H,5,6);;/q;;;;2*+2/p-4. The fourth-order valence-corrected chi connectivity index (χ4v) is 1.90. The van der Waals surface area contributed by atoms with Gasteiger partial charge in [-0.1, -0.05) is 6.07 Å². The van der Waals surface area contributed by atoms with Gasteiger partial charge in [-0.15, -0.1) is 0 Å². The van der Waals surface area contributed by atoms with E-state index in [2.05, 4.69) is 23.0 Å². The van der Waals surface area contributed by atoms with Crippen LogP contribution < -0.4 is 20.4 Å². The van der Waals surface area contributed by atoms with Crippen molar-refractivity contribution in [3.63, 3.8) is 0 Å². The van der Waals surface area contributed by atoms with E-state index >= 15 is 0 Å². The van der Waals surface area contributed by atoms with Crippen molar-refractivity contribution in [3.8, 4) is 0 Å². The SMILES string of the molecule is CN1CCCC1c1cccnc1.O=C(O)C(=O)O.O=C([O-])C(=O)[O-].O=C([O-])C(=O)[O-].[Zn+2].[Zn+2]. The van der Waals surface area contributed by atoms with Gasteiger partial charge in [0.05, 0.1) is 23.9 Å².